The molecule has 0 N–H and O–H groups in total. The van der Waals surface area contributed by atoms with Gasteiger partial charge in [-0.25, -0.2) is 5.01 Å². The highest BCUT2D eigenvalue weighted by atomic mass is 32.1. The molecule has 2 amide bonds. The fourth-order valence-corrected chi connectivity index (χ4v) is 6.21. The summed E-state index contributed by atoms with van der Waals surface area (Å²) < 4.78 is 5.36. The largest absolute Gasteiger partial charge is 0.378 e. The summed E-state index contributed by atoms with van der Waals surface area (Å²) in [7, 11) is 0. The summed E-state index contributed by atoms with van der Waals surface area (Å²) in [6.07, 6.45) is 2.37. The Balaban J connectivity index is 1.20. The summed E-state index contributed by atoms with van der Waals surface area (Å²) in [5.41, 5.74) is 0.988. The van der Waals surface area contributed by atoms with E-state index in [0.717, 1.165) is 42.9 Å². The molecule has 0 radical (unpaired) electrons. The molecule has 170 valence electrons. The van der Waals surface area contributed by atoms with Crippen molar-refractivity contribution in [3.8, 4) is 0 Å². The minimum Gasteiger partial charge on any atom is -0.378 e. The minimum atomic E-state index is -0.0277. The first-order chi connectivity index (χ1) is 15.7. The van der Waals surface area contributed by atoms with Gasteiger partial charge in [-0.2, -0.15) is 5.10 Å². The molecule has 0 bridgehead atoms. The van der Waals surface area contributed by atoms with Gasteiger partial charge in [-0.15, -0.1) is 22.7 Å². The highest BCUT2D eigenvalue weighted by Gasteiger charge is 2.36. The summed E-state index contributed by atoms with van der Waals surface area (Å²) in [6.45, 7) is 4.55. The molecule has 9 heteroatoms. The first-order valence-corrected chi connectivity index (χ1v) is 13.0. The van der Waals surface area contributed by atoms with Crippen molar-refractivity contribution in [2.45, 2.75) is 25.3 Å². The highest BCUT2D eigenvalue weighted by Crippen LogP contribution is 2.36. The van der Waals surface area contributed by atoms with Gasteiger partial charge in [0.1, 0.15) is 0 Å². The molecule has 5 heterocycles. The average molecular weight is 473 g/mol. The van der Waals surface area contributed by atoms with Gasteiger partial charge in [0.15, 0.2) is 0 Å². The minimum absolute atomic E-state index is 0.0277. The number of piperidine rings is 1. The zero-order valence-electron chi connectivity index (χ0n) is 18.0. The number of amides is 2. The van der Waals surface area contributed by atoms with E-state index in [-0.39, 0.29) is 23.8 Å². The number of thiophene rings is 2. The molecule has 0 spiro atoms. The third-order valence-electron chi connectivity index (χ3n) is 6.46. The van der Waals surface area contributed by atoms with Crippen LogP contribution in [0.5, 0.6) is 0 Å². The van der Waals surface area contributed by atoms with Crippen molar-refractivity contribution in [1.29, 1.82) is 0 Å². The molecule has 7 nitrogen and oxygen atoms in total. The lowest BCUT2D eigenvalue weighted by atomic mass is 9.95. The standard InChI is InChI=1S/C23H28N4O3S2/c28-22(16-25-7-5-17(6-8-25)23(29)26-9-11-30-12-10-26)27-19(21-4-2-14-32-21)15-18(24-27)20-3-1-13-31-20/h1-4,13-14,17,19H,5-12,15-16H2/t19-/m1/s1. The second-order valence-corrected chi connectivity index (χ2v) is 10.4. The fraction of sp³-hybridized carbons (Fsp3) is 0.522. The number of carbonyl (C=O) groups excluding carboxylic acids is 2. The Morgan fingerprint density at radius 3 is 2.47 bits per heavy atom. The maximum Gasteiger partial charge on any atom is 0.257 e. The van der Waals surface area contributed by atoms with Crippen LogP contribution >= 0.6 is 22.7 Å². The lowest BCUT2D eigenvalue weighted by Gasteiger charge is -2.35. The van der Waals surface area contributed by atoms with Crippen LogP contribution in [0.3, 0.4) is 0 Å². The molecular formula is C23H28N4O3S2. The molecule has 1 atom stereocenters. The second kappa shape index (κ2) is 9.82. The molecule has 2 aromatic rings. The Hall–Kier alpha value is -2.07. The first kappa shape index (κ1) is 21.8. The van der Waals surface area contributed by atoms with Crippen molar-refractivity contribution < 1.29 is 14.3 Å². The van der Waals surface area contributed by atoms with E-state index >= 15 is 0 Å². The van der Waals surface area contributed by atoms with E-state index in [2.05, 4.69) is 22.4 Å². The van der Waals surface area contributed by atoms with Gasteiger partial charge in [0, 0.05) is 30.3 Å². The number of likely N-dealkylation sites (tertiary alicyclic amines) is 1. The molecule has 5 rings (SSSR count). The van der Waals surface area contributed by atoms with Crippen LogP contribution in [0.4, 0.5) is 0 Å². The fourth-order valence-electron chi connectivity index (χ4n) is 4.68. The SMILES string of the molecule is O=C(C1CCN(CC(=O)N2N=C(c3cccs3)C[C@@H]2c2cccs2)CC1)N1CCOCC1. The van der Waals surface area contributed by atoms with Crippen molar-refractivity contribution in [3.63, 3.8) is 0 Å². The number of hydrogen-bond acceptors (Lipinski definition) is 7. The number of ether oxygens (including phenoxy) is 1. The molecule has 2 fully saturated rings. The van der Waals surface area contributed by atoms with Crippen LogP contribution in [0, 0.1) is 5.92 Å². The van der Waals surface area contributed by atoms with Gasteiger partial charge in [0.25, 0.3) is 5.91 Å². The van der Waals surface area contributed by atoms with E-state index in [0.29, 0.717) is 32.8 Å². The summed E-state index contributed by atoms with van der Waals surface area (Å²) in [6, 6.07) is 8.18. The van der Waals surface area contributed by atoms with Crippen molar-refractivity contribution >= 4 is 40.2 Å². The van der Waals surface area contributed by atoms with Crippen LogP contribution in [0.25, 0.3) is 0 Å². The van der Waals surface area contributed by atoms with Crippen molar-refractivity contribution in [2.24, 2.45) is 11.0 Å². The number of morpholine rings is 1. The topological polar surface area (TPSA) is 65.5 Å². The Kier molecular flexibility index (Phi) is 6.68. The van der Waals surface area contributed by atoms with Gasteiger partial charge in [-0.3, -0.25) is 14.5 Å². The molecule has 2 saturated heterocycles. The van der Waals surface area contributed by atoms with Crippen molar-refractivity contribution in [1.82, 2.24) is 14.8 Å². The molecule has 0 aromatic carbocycles. The number of carbonyl (C=O) groups is 2. The average Bonchev–Trinajstić information content (AvgIpc) is 3.61. The Morgan fingerprint density at radius 1 is 1.03 bits per heavy atom. The quantitative estimate of drug-likeness (QED) is 0.671. The normalized spacial score (nSPS) is 22.9. The van der Waals surface area contributed by atoms with Crippen LogP contribution < -0.4 is 0 Å². The van der Waals surface area contributed by atoms with E-state index in [1.807, 2.05) is 22.4 Å². The summed E-state index contributed by atoms with van der Waals surface area (Å²) >= 11 is 3.34. The Bertz CT molecular complexity index is 946. The summed E-state index contributed by atoms with van der Waals surface area (Å²) in [4.78, 5) is 32.5. The van der Waals surface area contributed by atoms with Gasteiger partial charge < -0.3 is 9.64 Å². The van der Waals surface area contributed by atoms with Gasteiger partial charge in [-0.1, -0.05) is 12.1 Å². The molecule has 3 aliphatic heterocycles. The van der Waals surface area contributed by atoms with E-state index in [1.54, 1.807) is 27.7 Å². The maximum atomic E-state index is 13.3. The molecule has 3 aliphatic rings. The molecule has 0 aliphatic carbocycles. The van der Waals surface area contributed by atoms with Gasteiger partial charge in [0.2, 0.25) is 5.91 Å². The zero-order valence-corrected chi connectivity index (χ0v) is 19.7. The molecule has 32 heavy (non-hydrogen) atoms. The van der Waals surface area contributed by atoms with Gasteiger partial charge in [0.05, 0.1) is 36.4 Å². The van der Waals surface area contributed by atoms with Crippen molar-refractivity contribution in [2.75, 3.05) is 45.9 Å². The number of hydrazone groups is 1. The van der Waals surface area contributed by atoms with E-state index in [9.17, 15) is 9.59 Å². The van der Waals surface area contributed by atoms with Crippen molar-refractivity contribution in [3.05, 3.63) is 44.8 Å². The predicted molar refractivity (Wildman–Crippen MR) is 126 cm³/mol. The molecule has 2 aromatic heterocycles. The Labute approximate surface area is 196 Å². The number of nitrogens with zero attached hydrogens (tertiary/aromatic N) is 4. The summed E-state index contributed by atoms with van der Waals surface area (Å²) in [5, 5.41) is 10.6. The highest BCUT2D eigenvalue weighted by molar-refractivity contribution is 7.12. The van der Waals surface area contributed by atoms with Crippen LogP contribution in [0.15, 0.2) is 40.1 Å². The first-order valence-electron chi connectivity index (χ1n) is 11.2. The number of hydrogen-bond donors (Lipinski definition) is 0. The van der Waals surface area contributed by atoms with Crippen LogP contribution in [0.1, 0.15) is 35.1 Å². The lowest BCUT2D eigenvalue weighted by molar-refractivity contribution is -0.141. The smallest absolute Gasteiger partial charge is 0.257 e. The maximum absolute atomic E-state index is 13.3. The zero-order chi connectivity index (χ0) is 21.9. The third-order valence-corrected chi connectivity index (χ3v) is 8.35. The molecular weight excluding hydrogens is 444 g/mol. The van der Waals surface area contributed by atoms with Crippen LogP contribution in [-0.2, 0) is 14.3 Å². The molecule has 0 unspecified atom stereocenters. The van der Waals surface area contributed by atoms with E-state index < -0.39 is 0 Å². The van der Waals surface area contributed by atoms with E-state index in [4.69, 9.17) is 9.84 Å². The predicted octanol–water partition coefficient (Wildman–Crippen LogP) is 3.06. The monoisotopic (exact) mass is 472 g/mol. The summed E-state index contributed by atoms with van der Waals surface area (Å²) in [5.74, 6) is 0.350. The Morgan fingerprint density at radius 2 is 1.78 bits per heavy atom. The molecule has 0 saturated carbocycles. The van der Waals surface area contributed by atoms with E-state index in [1.165, 1.54) is 4.88 Å². The van der Waals surface area contributed by atoms with Crippen LogP contribution in [-0.4, -0.2) is 78.3 Å². The van der Waals surface area contributed by atoms with Gasteiger partial charge >= 0.3 is 0 Å². The third kappa shape index (κ3) is 4.66. The van der Waals surface area contributed by atoms with Gasteiger partial charge in [-0.05, 0) is 48.8 Å². The lowest BCUT2D eigenvalue weighted by Crippen LogP contribution is -2.48. The van der Waals surface area contributed by atoms with Crippen LogP contribution in [0.2, 0.25) is 0 Å². The second-order valence-electron chi connectivity index (χ2n) is 8.49. The number of rotatable bonds is 5.